The van der Waals surface area contributed by atoms with Gasteiger partial charge in [-0.3, -0.25) is 0 Å². The fourth-order valence-electron chi connectivity index (χ4n) is 2.73. The molecule has 1 atom stereocenters. The van der Waals surface area contributed by atoms with E-state index in [1.807, 2.05) is 12.1 Å². The Hall–Kier alpha value is -2.05. The number of nitrogens with zero attached hydrogens (tertiary/aromatic N) is 1. The van der Waals surface area contributed by atoms with Crippen LogP contribution in [-0.2, 0) is 12.0 Å². The number of rotatable bonds is 2. The average molecular weight is 287 g/mol. The van der Waals surface area contributed by atoms with Crippen LogP contribution in [0.5, 0.6) is 0 Å². The fraction of sp³-hybridized carbons (Fsp3) is 0.188. The standard InChI is InChI=1S/C16H12ClFN2/c17-12-2-1-3-14(9-12)20-16(10-19)7-6-11-8-13(18)4-5-15(11)16/h1-5,8-9,20H,6-7H2. The molecular weight excluding hydrogens is 275 g/mol. The minimum Gasteiger partial charge on any atom is -0.364 e. The molecule has 1 aliphatic rings. The molecule has 0 spiro atoms. The number of hydrogen-bond donors (Lipinski definition) is 1. The van der Waals surface area contributed by atoms with Crippen LogP contribution < -0.4 is 5.32 Å². The first-order valence-corrected chi connectivity index (χ1v) is 6.75. The van der Waals surface area contributed by atoms with Gasteiger partial charge < -0.3 is 5.32 Å². The summed E-state index contributed by atoms with van der Waals surface area (Å²) in [4.78, 5) is 0. The van der Waals surface area contributed by atoms with Gasteiger partial charge in [0.05, 0.1) is 6.07 Å². The van der Waals surface area contributed by atoms with Gasteiger partial charge in [-0.15, -0.1) is 0 Å². The number of halogens is 2. The summed E-state index contributed by atoms with van der Waals surface area (Å²) in [5.74, 6) is -0.264. The summed E-state index contributed by atoms with van der Waals surface area (Å²) in [6.07, 6.45) is 1.31. The van der Waals surface area contributed by atoms with Crippen LogP contribution in [0.2, 0.25) is 5.02 Å². The third-order valence-corrected chi connectivity index (χ3v) is 3.90. The number of nitriles is 1. The predicted octanol–water partition coefficient (Wildman–Crippen LogP) is 4.26. The molecule has 0 amide bonds. The van der Waals surface area contributed by atoms with Gasteiger partial charge in [0, 0.05) is 10.7 Å². The van der Waals surface area contributed by atoms with Crippen LogP contribution in [0.3, 0.4) is 0 Å². The third kappa shape index (κ3) is 2.13. The highest BCUT2D eigenvalue weighted by Gasteiger charge is 2.39. The van der Waals surface area contributed by atoms with Crippen molar-refractivity contribution < 1.29 is 4.39 Å². The van der Waals surface area contributed by atoms with E-state index in [-0.39, 0.29) is 5.82 Å². The Labute approximate surface area is 121 Å². The monoisotopic (exact) mass is 286 g/mol. The molecule has 2 aromatic rings. The predicted molar refractivity (Wildman–Crippen MR) is 77.1 cm³/mol. The van der Waals surface area contributed by atoms with Crippen LogP contribution in [0, 0.1) is 17.1 Å². The number of anilines is 1. The van der Waals surface area contributed by atoms with Crippen molar-refractivity contribution in [3.8, 4) is 6.07 Å². The maximum absolute atomic E-state index is 13.3. The van der Waals surface area contributed by atoms with Gasteiger partial charge in [0.1, 0.15) is 5.82 Å². The summed E-state index contributed by atoms with van der Waals surface area (Å²) in [6.45, 7) is 0. The molecule has 0 saturated heterocycles. The van der Waals surface area contributed by atoms with E-state index in [1.165, 1.54) is 12.1 Å². The Kier molecular flexibility index (Phi) is 3.11. The van der Waals surface area contributed by atoms with E-state index in [0.717, 1.165) is 16.8 Å². The first-order chi connectivity index (χ1) is 9.63. The summed E-state index contributed by atoms with van der Waals surface area (Å²) in [7, 11) is 0. The molecule has 1 N–H and O–H groups in total. The summed E-state index contributed by atoms with van der Waals surface area (Å²) in [6, 6.07) is 14.2. The Balaban J connectivity index is 2.01. The van der Waals surface area contributed by atoms with Crippen molar-refractivity contribution in [3.05, 3.63) is 64.4 Å². The van der Waals surface area contributed by atoms with Crippen LogP contribution in [0.15, 0.2) is 42.5 Å². The molecular formula is C16H12ClFN2. The van der Waals surface area contributed by atoms with E-state index in [1.54, 1.807) is 18.2 Å². The average Bonchev–Trinajstić information content (AvgIpc) is 2.77. The molecule has 1 unspecified atom stereocenters. The van der Waals surface area contributed by atoms with E-state index in [4.69, 9.17) is 11.6 Å². The number of benzene rings is 2. The van der Waals surface area contributed by atoms with Crippen LogP contribution in [-0.4, -0.2) is 0 Å². The topological polar surface area (TPSA) is 35.8 Å². The Bertz CT molecular complexity index is 708. The lowest BCUT2D eigenvalue weighted by Crippen LogP contribution is -2.31. The van der Waals surface area contributed by atoms with Gasteiger partial charge in [0.2, 0.25) is 0 Å². The molecule has 1 aliphatic carbocycles. The minimum absolute atomic E-state index is 0.264. The van der Waals surface area contributed by atoms with Gasteiger partial charge in [-0.05, 0) is 54.3 Å². The highest BCUT2D eigenvalue weighted by Crippen LogP contribution is 2.39. The Morgan fingerprint density at radius 2 is 2.10 bits per heavy atom. The molecule has 20 heavy (non-hydrogen) atoms. The largest absolute Gasteiger partial charge is 0.364 e. The van der Waals surface area contributed by atoms with E-state index in [9.17, 15) is 9.65 Å². The van der Waals surface area contributed by atoms with E-state index in [2.05, 4.69) is 11.4 Å². The second kappa shape index (κ2) is 4.81. The van der Waals surface area contributed by atoms with Gasteiger partial charge in [-0.1, -0.05) is 23.7 Å². The highest BCUT2D eigenvalue weighted by molar-refractivity contribution is 6.30. The first-order valence-electron chi connectivity index (χ1n) is 6.37. The van der Waals surface area contributed by atoms with Gasteiger partial charge in [-0.2, -0.15) is 5.26 Å². The second-order valence-electron chi connectivity index (χ2n) is 4.95. The number of fused-ring (bicyclic) bond motifs is 1. The van der Waals surface area contributed by atoms with Gasteiger partial charge in [0.15, 0.2) is 5.54 Å². The lowest BCUT2D eigenvalue weighted by atomic mass is 9.93. The van der Waals surface area contributed by atoms with Crippen molar-refractivity contribution in [2.75, 3.05) is 5.32 Å². The summed E-state index contributed by atoms with van der Waals surface area (Å²) < 4.78 is 13.3. The minimum atomic E-state index is -0.812. The Morgan fingerprint density at radius 1 is 1.25 bits per heavy atom. The van der Waals surface area contributed by atoms with Crippen LogP contribution in [0.1, 0.15) is 17.5 Å². The number of hydrogen-bond acceptors (Lipinski definition) is 2. The molecule has 3 rings (SSSR count). The molecule has 0 heterocycles. The SMILES string of the molecule is N#CC1(Nc2cccc(Cl)c2)CCc2cc(F)ccc21. The lowest BCUT2D eigenvalue weighted by Gasteiger charge is -2.25. The molecule has 100 valence electrons. The summed E-state index contributed by atoms with van der Waals surface area (Å²) >= 11 is 5.97. The van der Waals surface area contributed by atoms with Crippen LogP contribution >= 0.6 is 11.6 Å². The van der Waals surface area contributed by atoms with Crippen molar-refractivity contribution in [2.45, 2.75) is 18.4 Å². The normalized spacial score (nSPS) is 20.2. The molecule has 0 aliphatic heterocycles. The van der Waals surface area contributed by atoms with Crippen molar-refractivity contribution in [1.29, 1.82) is 5.26 Å². The van der Waals surface area contributed by atoms with Crippen molar-refractivity contribution in [2.24, 2.45) is 0 Å². The van der Waals surface area contributed by atoms with E-state index in [0.29, 0.717) is 17.9 Å². The fourth-order valence-corrected chi connectivity index (χ4v) is 2.92. The molecule has 0 aromatic heterocycles. The Morgan fingerprint density at radius 3 is 2.85 bits per heavy atom. The summed E-state index contributed by atoms with van der Waals surface area (Å²) in [5, 5.41) is 13.5. The first kappa shape index (κ1) is 13.0. The second-order valence-corrected chi connectivity index (χ2v) is 5.39. The number of nitrogens with one attached hydrogen (secondary N) is 1. The zero-order valence-electron chi connectivity index (χ0n) is 10.7. The smallest absolute Gasteiger partial charge is 0.151 e. The zero-order valence-corrected chi connectivity index (χ0v) is 11.4. The highest BCUT2D eigenvalue weighted by atomic mass is 35.5. The van der Waals surface area contributed by atoms with Gasteiger partial charge >= 0.3 is 0 Å². The summed E-state index contributed by atoms with van der Waals surface area (Å²) in [5.41, 5.74) is 1.71. The van der Waals surface area contributed by atoms with E-state index < -0.39 is 5.54 Å². The molecule has 0 radical (unpaired) electrons. The maximum atomic E-state index is 13.3. The molecule has 2 aromatic carbocycles. The molecule has 4 heteroatoms. The van der Waals surface area contributed by atoms with E-state index >= 15 is 0 Å². The maximum Gasteiger partial charge on any atom is 0.151 e. The third-order valence-electron chi connectivity index (χ3n) is 3.67. The zero-order chi connectivity index (χ0) is 14.2. The molecule has 0 bridgehead atoms. The van der Waals surface area contributed by atoms with Crippen molar-refractivity contribution in [1.82, 2.24) is 0 Å². The van der Waals surface area contributed by atoms with Crippen molar-refractivity contribution in [3.63, 3.8) is 0 Å². The van der Waals surface area contributed by atoms with Crippen LogP contribution in [0.25, 0.3) is 0 Å². The van der Waals surface area contributed by atoms with Crippen LogP contribution in [0.4, 0.5) is 10.1 Å². The van der Waals surface area contributed by atoms with Gasteiger partial charge in [0.25, 0.3) is 0 Å². The quantitative estimate of drug-likeness (QED) is 0.895. The number of aryl methyl sites for hydroxylation is 1. The van der Waals surface area contributed by atoms with Crippen molar-refractivity contribution >= 4 is 17.3 Å². The lowest BCUT2D eigenvalue weighted by molar-refractivity contribution is 0.618. The van der Waals surface area contributed by atoms with Gasteiger partial charge in [-0.25, -0.2) is 4.39 Å². The molecule has 0 fully saturated rings. The molecule has 0 saturated carbocycles. The molecule has 2 nitrogen and oxygen atoms in total.